The molecule has 1 aromatic carbocycles. The molecule has 0 aliphatic rings. The molecule has 11 heteroatoms. The summed E-state index contributed by atoms with van der Waals surface area (Å²) < 4.78 is 14.2. The zero-order valence-corrected chi connectivity index (χ0v) is 21.5. The topological polar surface area (TPSA) is 124 Å². The summed E-state index contributed by atoms with van der Waals surface area (Å²) in [5.41, 5.74) is 0.504. The van der Waals surface area contributed by atoms with Crippen molar-refractivity contribution in [1.82, 2.24) is 25.8 Å². The van der Waals surface area contributed by atoms with Gasteiger partial charge in [0, 0.05) is 41.6 Å². The first-order valence-electron chi connectivity index (χ1n) is 11.8. The largest absolute Gasteiger partial charge is 0.351 e. The van der Waals surface area contributed by atoms with Crippen molar-refractivity contribution in [1.29, 1.82) is 0 Å². The molecule has 0 unspecified atom stereocenters. The van der Waals surface area contributed by atoms with Crippen LogP contribution >= 0.6 is 11.6 Å². The van der Waals surface area contributed by atoms with Crippen LogP contribution in [0.5, 0.6) is 0 Å². The zero-order chi connectivity index (χ0) is 26.3. The number of nitrogens with zero attached hydrogens (tertiary/aromatic N) is 2. The van der Waals surface area contributed by atoms with Crippen molar-refractivity contribution in [3.63, 3.8) is 0 Å². The van der Waals surface area contributed by atoms with Crippen molar-refractivity contribution < 1.29 is 9.18 Å². The maximum Gasteiger partial charge on any atom is 0.287 e. The molecule has 0 spiro atoms. The van der Waals surface area contributed by atoms with Crippen LogP contribution in [0, 0.1) is 5.82 Å². The number of halogens is 2. The van der Waals surface area contributed by atoms with E-state index in [1.54, 1.807) is 12.1 Å². The second-order valence-corrected chi connectivity index (χ2v) is 8.29. The first kappa shape index (κ1) is 28.9. The molecule has 0 bridgehead atoms. The molecule has 194 valence electrons. The van der Waals surface area contributed by atoms with Crippen LogP contribution in [0.25, 0.3) is 11.3 Å². The van der Waals surface area contributed by atoms with E-state index in [4.69, 9.17) is 11.6 Å². The molecule has 2 aromatic heterocycles. The number of carbonyl (C=O) groups excluding carboxylic acids is 1. The maximum atomic E-state index is 14.2. The van der Waals surface area contributed by atoms with Gasteiger partial charge in [0.1, 0.15) is 17.3 Å². The quantitative estimate of drug-likeness (QED) is 0.240. The Kier molecular flexibility index (Phi) is 12.5. The summed E-state index contributed by atoms with van der Waals surface area (Å²) in [6.07, 6.45) is 5.56. The molecule has 5 N–H and O–H groups in total. The van der Waals surface area contributed by atoms with Gasteiger partial charge in [-0.15, -0.1) is 0 Å². The van der Waals surface area contributed by atoms with Gasteiger partial charge in [-0.1, -0.05) is 44.7 Å². The highest BCUT2D eigenvalue weighted by atomic mass is 35.5. The van der Waals surface area contributed by atoms with Crippen LogP contribution in [0.1, 0.15) is 33.1 Å². The van der Waals surface area contributed by atoms with Crippen LogP contribution in [0.2, 0.25) is 5.02 Å². The van der Waals surface area contributed by atoms with Crippen molar-refractivity contribution in [3.8, 4) is 11.3 Å². The molecule has 0 saturated carbocycles. The fraction of sp³-hybridized carbons (Fsp3) is 0.360. The summed E-state index contributed by atoms with van der Waals surface area (Å²) in [7, 11) is 1.83. The van der Waals surface area contributed by atoms with Crippen molar-refractivity contribution in [3.05, 3.63) is 63.8 Å². The summed E-state index contributed by atoms with van der Waals surface area (Å²) in [5, 5.41) is 18.1. The molecule has 36 heavy (non-hydrogen) atoms. The fourth-order valence-corrected chi connectivity index (χ4v) is 3.19. The van der Waals surface area contributed by atoms with Crippen LogP contribution in [0.15, 0.2) is 47.4 Å². The van der Waals surface area contributed by atoms with E-state index in [9.17, 15) is 14.0 Å². The van der Waals surface area contributed by atoms with Gasteiger partial charge in [0.25, 0.3) is 5.56 Å². The van der Waals surface area contributed by atoms with Crippen molar-refractivity contribution in [2.75, 3.05) is 37.3 Å². The molecular weight excluding hydrogens is 485 g/mol. The van der Waals surface area contributed by atoms with Crippen LogP contribution < -0.4 is 26.8 Å². The van der Waals surface area contributed by atoms with E-state index in [0.717, 1.165) is 6.54 Å². The lowest BCUT2D eigenvalue weighted by Crippen LogP contribution is -2.32. The van der Waals surface area contributed by atoms with Gasteiger partial charge in [-0.2, -0.15) is 5.10 Å². The predicted octanol–water partition coefficient (Wildman–Crippen LogP) is 4.31. The molecule has 0 radical (unpaired) electrons. The SMILES string of the molecule is CCCCC.CNCCNCC(=O)Nc1cc(Nc2cc(-c3cc(Cl)ccc3F)n[nH]c2=O)ccn1. The molecule has 0 atom stereocenters. The third-order valence-corrected chi connectivity index (χ3v) is 5.09. The minimum atomic E-state index is -0.521. The molecular formula is C25H33ClFN7O2. The van der Waals surface area contributed by atoms with Gasteiger partial charge in [-0.05, 0) is 37.4 Å². The number of unbranched alkanes of at least 4 members (excludes halogenated alkanes) is 2. The third kappa shape index (κ3) is 9.73. The van der Waals surface area contributed by atoms with E-state index >= 15 is 0 Å². The van der Waals surface area contributed by atoms with Gasteiger partial charge in [0.05, 0.1) is 12.2 Å². The van der Waals surface area contributed by atoms with Crippen LogP contribution in [-0.2, 0) is 4.79 Å². The Morgan fingerprint density at radius 3 is 2.58 bits per heavy atom. The number of anilines is 3. The Bertz CT molecular complexity index is 1170. The lowest BCUT2D eigenvalue weighted by atomic mass is 10.1. The number of benzene rings is 1. The van der Waals surface area contributed by atoms with Gasteiger partial charge in [0.15, 0.2) is 0 Å². The minimum Gasteiger partial charge on any atom is -0.351 e. The lowest BCUT2D eigenvalue weighted by molar-refractivity contribution is -0.115. The number of pyridine rings is 1. The molecule has 0 saturated heterocycles. The summed E-state index contributed by atoms with van der Waals surface area (Å²) in [6.45, 7) is 5.96. The van der Waals surface area contributed by atoms with E-state index in [1.807, 2.05) is 7.05 Å². The maximum absolute atomic E-state index is 14.2. The van der Waals surface area contributed by atoms with E-state index in [2.05, 4.69) is 50.3 Å². The molecule has 0 aliphatic carbocycles. The first-order valence-corrected chi connectivity index (χ1v) is 12.2. The fourth-order valence-electron chi connectivity index (χ4n) is 3.02. The van der Waals surface area contributed by atoms with Crippen LogP contribution in [0.4, 0.5) is 21.6 Å². The van der Waals surface area contributed by atoms with E-state index in [1.165, 1.54) is 49.7 Å². The Hall–Kier alpha value is -3.34. The minimum absolute atomic E-state index is 0.138. The molecule has 3 rings (SSSR count). The number of nitrogens with one attached hydrogen (secondary N) is 5. The van der Waals surface area contributed by atoms with E-state index < -0.39 is 11.4 Å². The number of amides is 1. The standard InChI is InChI=1S/C20H21ClFN7O2.C5H12/c1-23-6-7-24-11-19(30)27-18-9-13(4-5-25-18)26-17-10-16(28-29-20(17)31)14-8-12(21)2-3-15(14)22;1-3-5-4-2/h2-5,8-10,23-24H,6-7,11H2,1H3,(H,29,31)(H2,25,26,27,28,30);3-5H2,1-2H3. The van der Waals surface area contributed by atoms with E-state index in [0.29, 0.717) is 23.1 Å². The Morgan fingerprint density at radius 2 is 1.89 bits per heavy atom. The monoisotopic (exact) mass is 517 g/mol. The van der Waals surface area contributed by atoms with Gasteiger partial charge in [-0.25, -0.2) is 14.5 Å². The number of H-pyrrole nitrogens is 1. The third-order valence-electron chi connectivity index (χ3n) is 4.86. The summed E-state index contributed by atoms with van der Waals surface area (Å²) in [4.78, 5) is 28.3. The lowest BCUT2D eigenvalue weighted by Gasteiger charge is -2.10. The van der Waals surface area contributed by atoms with Crippen LogP contribution in [-0.4, -0.2) is 47.8 Å². The summed E-state index contributed by atoms with van der Waals surface area (Å²) in [6, 6.07) is 8.69. The van der Waals surface area contributed by atoms with Crippen molar-refractivity contribution >= 4 is 34.7 Å². The van der Waals surface area contributed by atoms with Gasteiger partial charge in [-0.3, -0.25) is 9.59 Å². The molecule has 2 heterocycles. The number of hydrogen-bond donors (Lipinski definition) is 5. The number of likely N-dealkylation sites (N-methyl/N-ethyl adjacent to an activating group) is 1. The van der Waals surface area contributed by atoms with Gasteiger partial charge < -0.3 is 21.3 Å². The zero-order valence-electron chi connectivity index (χ0n) is 20.8. The Labute approximate surface area is 215 Å². The molecule has 1 amide bonds. The predicted molar refractivity (Wildman–Crippen MR) is 143 cm³/mol. The smallest absolute Gasteiger partial charge is 0.287 e. The average molecular weight is 518 g/mol. The normalized spacial score (nSPS) is 10.4. The number of hydrogen-bond acceptors (Lipinski definition) is 7. The molecule has 3 aromatic rings. The van der Waals surface area contributed by atoms with E-state index in [-0.39, 0.29) is 29.4 Å². The van der Waals surface area contributed by atoms with Gasteiger partial charge >= 0.3 is 0 Å². The summed E-state index contributed by atoms with van der Waals surface area (Å²) in [5.74, 6) is -0.453. The second-order valence-electron chi connectivity index (χ2n) is 7.86. The van der Waals surface area contributed by atoms with Crippen molar-refractivity contribution in [2.24, 2.45) is 0 Å². The molecule has 0 fully saturated rings. The van der Waals surface area contributed by atoms with Gasteiger partial charge in [0.2, 0.25) is 5.91 Å². The average Bonchev–Trinajstić information content (AvgIpc) is 2.86. The highest BCUT2D eigenvalue weighted by Gasteiger charge is 2.11. The molecule has 0 aliphatic heterocycles. The first-order chi connectivity index (χ1) is 17.4. The number of rotatable bonds is 11. The number of aromatic nitrogens is 3. The number of carbonyl (C=O) groups is 1. The highest BCUT2D eigenvalue weighted by molar-refractivity contribution is 6.30. The van der Waals surface area contributed by atoms with Crippen LogP contribution in [0.3, 0.4) is 0 Å². The highest BCUT2D eigenvalue weighted by Crippen LogP contribution is 2.26. The Morgan fingerprint density at radius 1 is 1.11 bits per heavy atom. The summed E-state index contributed by atoms with van der Waals surface area (Å²) >= 11 is 5.94. The second kappa shape index (κ2) is 15.6. The number of aromatic amines is 1. The Balaban J connectivity index is 0.000000830. The van der Waals surface area contributed by atoms with Crippen molar-refractivity contribution in [2.45, 2.75) is 33.1 Å². The molecule has 9 nitrogen and oxygen atoms in total.